The zero-order valence-electron chi connectivity index (χ0n) is 41.2. The van der Waals surface area contributed by atoms with E-state index < -0.39 is 58.8 Å². The number of benzene rings is 3. The van der Waals surface area contributed by atoms with E-state index in [1.165, 1.54) is 18.7 Å². The van der Waals surface area contributed by atoms with Gasteiger partial charge in [0, 0.05) is 78.9 Å². The number of nitrogens with zero attached hydrogens (tertiary/aromatic N) is 4. The van der Waals surface area contributed by atoms with Gasteiger partial charge in [-0.1, -0.05) is 69.3 Å². The highest BCUT2D eigenvalue weighted by atomic mass is 32.1. The Balaban J connectivity index is 0.839. The average Bonchev–Trinajstić information content (AvgIpc) is 4.04. The number of rotatable bonds is 17. The van der Waals surface area contributed by atoms with Crippen LogP contribution in [-0.2, 0) is 34.0 Å². The number of ether oxygens (including phenoxy) is 2. The van der Waals surface area contributed by atoms with Crippen molar-refractivity contribution < 1.29 is 42.1 Å². The maximum Gasteiger partial charge on any atom is 0.246 e. The number of amides is 3. The molecular formula is C54H62F3N7O6S. The van der Waals surface area contributed by atoms with Gasteiger partial charge in [-0.2, -0.15) is 0 Å². The maximum absolute atomic E-state index is 16.3. The summed E-state index contributed by atoms with van der Waals surface area (Å²) in [6.07, 6.45) is 0.0635. The molecule has 17 heteroatoms. The van der Waals surface area contributed by atoms with Crippen LogP contribution in [0.2, 0.25) is 0 Å². The Labute approximate surface area is 416 Å². The molecule has 6 aromatic rings. The number of fused-ring (bicyclic) bond motifs is 3. The van der Waals surface area contributed by atoms with Crippen LogP contribution < -0.4 is 20.1 Å². The maximum atomic E-state index is 16.3. The second kappa shape index (κ2) is 21.2. The van der Waals surface area contributed by atoms with E-state index in [4.69, 9.17) is 9.47 Å². The van der Waals surface area contributed by atoms with E-state index in [9.17, 15) is 19.5 Å². The van der Waals surface area contributed by atoms with Crippen LogP contribution in [0.5, 0.6) is 11.6 Å². The fourth-order valence-corrected chi connectivity index (χ4v) is 10.4. The molecule has 0 aliphatic carbocycles. The van der Waals surface area contributed by atoms with Gasteiger partial charge in [-0.3, -0.25) is 19.3 Å². The van der Waals surface area contributed by atoms with E-state index in [1.54, 1.807) is 35.0 Å². The van der Waals surface area contributed by atoms with Crippen LogP contribution in [0.1, 0.15) is 101 Å². The number of aliphatic hydroxyl groups excluding tert-OH is 1. The van der Waals surface area contributed by atoms with Crippen molar-refractivity contribution in [1.29, 1.82) is 0 Å². The van der Waals surface area contributed by atoms with E-state index in [-0.39, 0.29) is 81.3 Å². The Hall–Kier alpha value is -6.30. The summed E-state index contributed by atoms with van der Waals surface area (Å²) in [4.78, 5) is 57.4. The SMILES string of the molecule is Cc1ncsc1-c1ccc(CNC(=O)[C@@H]2C[C@@H](O)CN2C(=O)C(NC(=O)CCCOc2cccc(COc3cc(F)c([C@@H]4c5[nH]c6ccccc6c5C[C@@H](C)N4CC(C)(C)F)c(F)c3)n2)C(C)(C)C)cc1. The topological polar surface area (TPSA) is 162 Å². The van der Waals surface area contributed by atoms with Crippen LogP contribution in [-0.4, -0.2) is 97.2 Å². The summed E-state index contributed by atoms with van der Waals surface area (Å²) in [5.74, 6) is -2.69. The molecule has 3 aromatic carbocycles. The molecule has 3 aromatic heterocycles. The first kappa shape index (κ1) is 51.1. The molecule has 71 heavy (non-hydrogen) atoms. The van der Waals surface area contributed by atoms with Gasteiger partial charge in [0.2, 0.25) is 23.6 Å². The number of aliphatic hydroxyl groups is 1. The minimum atomic E-state index is -1.63. The lowest BCUT2D eigenvalue weighted by Gasteiger charge is -2.43. The Kier molecular flexibility index (Phi) is 15.2. The van der Waals surface area contributed by atoms with E-state index in [0.717, 1.165) is 50.3 Å². The second-order valence-electron chi connectivity index (χ2n) is 20.4. The standard InChI is InChI=1S/C54H62F3N7O6S/c1-31-22-39-38-13-8-9-14-42(38)61-47(39)48(64(31)29-54(6,7)57)46-40(55)24-37(25-41(46)56)70-28-35-12-10-16-45(60-35)69-21-11-15-44(66)62-50(53(3,4)5)52(68)63-27-36(65)23-43(63)51(67)58-26-33-17-19-34(20-18-33)49-32(2)59-30-71-49/h8-10,12-14,16-20,24-25,30-31,36,43,48,50,61,65H,11,15,21-23,26-29H2,1-7H3,(H,58,67)(H,62,66)/t31-,36-,43+,48-,50?/m1/s1. The van der Waals surface area contributed by atoms with Gasteiger partial charge in [0.05, 0.1) is 40.5 Å². The largest absolute Gasteiger partial charge is 0.487 e. The molecule has 376 valence electrons. The molecule has 1 fully saturated rings. The number of likely N-dealkylation sites (tertiary alicyclic amines) is 1. The first-order valence-electron chi connectivity index (χ1n) is 24.0. The Morgan fingerprint density at radius 3 is 2.41 bits per heavy atom. The highest BCUT2D eigenvalue weighted by Gasteiger charge is 2.45. The lowest BCUT2D eigenvalue weighted by Crippen LogP contribution is -2.57. The van der Waals surface area contributed by atoms with Crippen molar-refractivity contribution in [3.05, 3.63) is 130 Å². The number of carbonyl (C=O) groups is 3. The first-order valence-corrected chi connectivity index (χ1v) is 24.9. The number of aryl methyl sites for hydroxylation is 1. The number of H-pyrrole nitrogens is 1. The molecule has 5 atom stereocenters. The number of nitrogens with one attached hydrogen (secondary N) is 3. The molecule has 4 N–H and O–H groups in total. The number of aromatic amines is 1. The fourth-order valence-electron chi connectivity index (χ4n) is 9.60. The molecule has 1 unspecified atom stereocenters. The van der Waals surface area contributed by atoms with Crippen LogP contribution in [0.3, 0.4) is 0 Å². The van der Waals surface area contributed by atoms with Crippen molar-refractivity contribution in [2.75, 3.05) is 19.7 Å². The van der Waals surface area contributed by atoms with Gasteiger partial charge in [-0.15, -0.1) is 11.3 Å². The molecule has 3 amide bonds. The molecule has 0 radical (unpaired) electrons. The number of alkyl halides is 1. The number of halogens is 3. The third-order valence-electron chi connectivity index (χ3n) is 13.1. The summed E-state index contributed by atoms with van der Waals surface area (Å²) in [5, 5.41) is 17.4. The highest BCUT2D eigenvalue weighted by Crippen LogP contribution is 2.44. The Morgan fingerprint density at radius 1 is 0.986 bits per heavy atom. The van der Waals surface area contributed by atoms with Gasteiger partial charge >= 0.3 is 0 Å². The summed E-state index contributed by atoms with van der Waals surface area (Å²) < 4.78 is 59.5. The number of pyridine rings is 1. The Morgan fingerprint density at radius 2 is 1.72 bits per heavy atom. The molecule has 2 aliphatic rings. The lowest BCUT2D eigenvalue weighted by atomic mass is 9.85. The Bertz CT molecular complexity index is 2850. The fraction of sp³-hybridized carbons (Fsp3) is 0.426. The number of carbonyl (C=O) groups excluding carboxylic acids is 3. The van der Waals surface area contributed by atoms with Crippen molar-refractivity contribution in [3.8, 4) is 22.1 Å². The summed E-state index contributed by atoms with van der Waals surface area (Å²) in [6, 6.07) is 19.8. The van der Waals surface area contributed by atoms with E-state index in [2.05, 4.69) is 25.6 Å². The smallest absolute Gasteiger partial charge is 0.246 e. The van der Waals surface area contributed by atoms with Crippen molar-refractivity contribution in [2.45, 2.75) is 123 Å². The molecule has 0 bridgehead atoms. The van der Waals surface area contributed by atoms with Crippen molar-refractivity contribution in [3.63, 3.8) is 0 Å². The van der Waals surface area contributed by atoms with Gasteiger partial charge < -0.3 is 35.1 Å². The van der Waals surface area contributed by atoms with Crippen LogP contribution in [0.25, 0.3) is 21.3 Å². The van der Waals surface area contributed by atoms with Gasteiger partial charge in [0.1, 0.15) is 41.7 Å². The van der Waals surface area contributed by atoms with Gasteiger partial charge in [-0.05, 0) is 74.8 Å². The van der Waals surface area contributed by atoms with Crippen molar-refractivity contribution in [2.24, 2.45) is 5.41 Å². The van der Waals surface area contributed by atoms with Gasteiger partial charge in [-0.25, -0.2) is 23.1 Å². The predicted molar refractivity (Wildman–Crippen MR) is 267 cm³/mol. The summed E-state index contributed by atoms with van der Waals surface area (Å²) in [7, 11) is 0. The summed E-state index contributed by atoms with van der Waals surface area (Å²) >= 11 is 1.56. The molecule has 2 aliphatic heterocycles. The molecular weight excluding hydrogens is 932 g/mol. The summed E-state index contributed by atoms with van der Waals surface area (Å²) in [5.41, 5.74) is 4.97. The van der Waals surface area contributed by atoms with Crippen molar-refractivity contribution >= 4 is 40.0 Å². The van der Waals surface area contributed by atoms with Crippen LogP contribution in [0.15, 0.2) is 84.4 Å². The highest BCUT2D eigenvalue weighted by molar-refractivity contribution is 7.13. The molecule has 0 spiro atoms. The third-order valence-corrected chi connectivity index (χ3v) is 14.1. The van der Waals surface area contributed by atoms with E-state index >= 15 is 13.2 Å². The van der Waals surface area contributed by atoms with E-state index in [0.29, 0.717) is 17.8 Å². The molecule has 0 saturated carbocycles. The normalized spacial score (nSPS) is 18.8. The minimum absolute atomic E-state index is 0.0222. The molecule has 8 rings (SSSR count). The zero-order valence-corrected chi connectivity index (χ0v) is 42.0. The van der Waals surface area contributed by atoms with Crippen LogP contribution in [0.4, 0.5) is 13.2 Å². The van der Waals surface area contributed by atoms with Crippen LogP contribution in [0, 0.1) is 24.0 Å². The summed E-state index contributed by atoms with van der Waals surface area (Å²) in [6.45, 7) is 12.4. The predicted octanol–water partition coefficient (Wildman–Crippen LogP) is 8.90. The number of β-amino-alcohol motifs (C(OH)–C–C–N with tert-alkyl or cyclic N) is 1. The number of hydrogen-bond donors (Lipinski definition) is 4. The van der Waals surface area contributed by atoms with Gasteiger partial charge in [0.25, 0.3) is 0 Å². The molecule has 1 saturated heterocycles. The van der Waals surface area contributed by atoms with Gasteiger partial charge in [0.15, 0.2) is 0 Å². The molecule has 5 heterocycles. The van der Waals surface area contributed by atoms with Crippen molar-refractivity contribution in [1.82, 2.24) is 35.4 Å². The second-order valence-corrected chi connectivity index (χ2v) is 21.2. The lowest BCUT2D eigenvalue weighted by molar-refractivity contribution is -0.144. The minimum Gasteiger partial charge on any atom is -0.487 e. The first-order chi connectivity index (χ1) is 33.7. The van der Waals surface area contributed by atoms with E-state index in [1.807, 2.05) is 88.0 Å². The third kappa shape index (κ3) is 11.9. The number of aromatic nitrogens is 3. The molecule has 13 nitrogen and oxygen atoms in total. The average molecular weight is 994 g/mol. The number of para-hydroxylation sites is 1. The zero-order chi connectivity index (χ0) is 50.8. The van der Waals surface area contributed by atoms with Crippen LogP contribution >= 0.6 is 11.3 Å². The quantitative estimate of drug-likeness (QED) is 0.0655. The monoisotopic (exact) mass is 993 g/mol. The number of hydrogen-bond acceptors (Lipinski definition) is 10. The number of thiazole rings is 1.